The molecule has 0 bridgehead atoms. The zero-order chi connectivity index (χ0) is 22.4. The van der Waals surface area contributed by atoms with Gasteiger partial charge in [-0.25, -0.2) is 0 Å². The summed E-state index contributed by atoms with van der Waals surface area (Å²) in [5.74, 6) is 1.17. The van der Waals surface area contributed by atoms with Gasteiger partial charge in [0.25, 0.3) is 0 Å². The van der Waals surface area contributed by atoms with Gasteiger partial charge < -0.3 is 15.8 Å². The van der Waals surface area contributed by atoms with Crippen LogP contribution in [0.3, 0.4) is 0 Å². The van der Waals surface area contributed by atoms with E-state index >= 15 is 0 Å². The van der Waals surface area contributed by atoms with Crippen LogP contribution in [0.1, 0.15) is 49.7 Å². The minimum absolute atomic E-state index is 0.173. The maximum absolute atomic E-state index is 12.8. The van der Waals surface area contributed by atoms with Gasteiger partial charge in [0, 0.05) is 6.04 Å². The van der Waals surface area contributed by atoms with E-state index < -0.39 is 18.9 Å². The van der Waals surface area contributed by atoms with Gasteiger partial charge in [-0.05, 0) is 79.1 Å². The summed E-state index contributed by atoms with van der Waals surface area (Å²) < 4.78 is 38.5. The van der Waals surface area contributed by atoms with Crippen molar-refractivity contribution in [2.45, 2.75) is 63.5 Å². The Morgan fingerprint density at radius 1 is 1.00 bits per heavy atom. The Balaban J connectivity index is 1.48. The lowest BCUT2D eigenvalue weighted by Crippen LogP contribution is -2.39. The van der Waals surface area contributed by atoms with Crippen molar-refractivity contribution in [3.63, 3.8) is 0 Å². The first-order valence-corrected chi connectivity index (χ1v) is 11.1. The molecule has 0 amide bonds. The van der Waals surface area contributed by atoms with Crippen LogP contribution in [-0.2, 0) is 12.6 Å². The summed E-state index contributed by atoms with van der Waals surface area (Å²) in [6, 6.07) is 13.5. The molecule has 1 fully saturated rings. The molecule has 0 spiro atoms. The average molecular weight is 433 g/mol. The maximum Gasteiger partial charge on any atom is 0.451 e. The molecule has 7 heteroatoms. The van der Waals surface area contributed by atoms with Gasteiger partial charge in [0.15, 0.2) is 0 Å². The largest absolute Gasteiger partial charge is 0.451 e. The lowest BCUT2D eigenvalue weighted by Gasteiger charge is -2.39. The van der Waals surface area contributed by atoms with Crippen molar-refractivity contribution in [2.24, 2.45) is 17.6 Å². The normalized spacial score (nSPS) is 19.7. The van der Waals surface area contributed by atoms with Crippen LogP contribution in [-0.4, -0.2) is 23.2 Å². The van der Waals surface area contributed by atoms with Crippen LogP contribution in [0.2, 0.25) is 6.32 Å². The molecular formula is C24H31BF3NO2. The average Bonchev–Trinajstić information content (AvgIpc) is 2.69. The number of hydrogen-bond acceptors (Lipinski definition) is 3. The first kappa shape index (κ1) is 23.8. The van der Waals surface area contributed by atoms with Gasteiger partial charge in [0.1, 0.15) is 0 Å². The fourth-order valence-electron chi connectivity index (χ4n) is 4.53. The first-order valence-electron chi connectivity index (χ1n) is 11.1. The molecule has 0 saturated heterocycles. The van der Waals surface area contributed by atoms with Crippen molar-refractivity contribution in [3.8, 4) is 11.1 Å². The number of aryl methyl sites for hydroxylation is 1. The second-order valence-electron chi connectivity index (χ2n) is 8.80. The Hall–Kier alpha value is -1.83. The third-order valence-corrected chi connectivity index (χ3v) is 6.49. The van der Waals surface area contributed by atoms with Gasteiger partial charge in [0.2, 0.25) is 0 Å². The molecule has 0 heterocycles. The molecule has 1 atom stereocenters. The second kappa shape index (κ2) is 10.7. The SMILES string of the molecule is NC(CCCCB(O)O)C1CC(CCc2ccccc2-c2ccc(C(F)(F)F)cc2)C1. The molecule has 1 aliphatic carbocycles. The van der Waals surface area contributed by atoms with E-state index in [1.165, 1.54) is 0 Å². The molecule has 1 unspecified atom stereocenters. The predicted molar refractivity (Wildman–Crippen MR) is 118 cm³/mol. The molecule has 2 aromatic carbocycles. The number of nitrogens with two attached hydrogens (primary N) is 1. The molecule has 0 aliphatic heterocycles. The highest BCUT2D eigenvalue weighted by atomic mass is 19.4. The minimum atomic E-state index is -4.32. The number of halogens is 3. The quantitative estimate of drug-likeness (QED) is 0.352. The zero-order valence-corrected chi connectivity index (χ0v) is 17.7. The van der Waals surface area contributed by atoms with Crippen LogP contribution in [0.5, 0.6) is 0 Å². The molecule has 0 radical (unpaired) electrons. The molecule has 0 aromatic heterocycles. The zero-order valence-electron chi connectivity index (χ0n) is 17.7. The fourth-order valence-corrected chi connectivity index (χ4v) is 4.53. The summed E-state index contributed by atoms with van der Waals surface area (Å²) in [6.07, 6.45) is 2.88. The topological polar surface area (TPSA) is 66.5 Å². The summed E-state index contributed by atoms with van der Waals surface area (Å²) >= 11 is 0. The van der Waals surface area contributed by atoms with Crippen LogP contribution in [0.4, 0.5) is 13.2 Å². The molecule has 168 valence electrons. The van der Waals surface area contributed by atoms with E-state index in [0.717, 1.165) is 73.8 Å². The summed E-state index contributed by atoms with van der Waals surface area (Å²) in [7, 11) is -1.23. The Morgan fingerprint density at radius 3 is 2.32 bits per heavy atom. The molecular weight excluding hydrogens is 402 g/mol. The Kier molecular flexibility index (Phi) is 8.20. The lowest BCUT2D eigenvalue weighted by atomic mass is 9.68. The van der Waals surface area contributed by atoms with Gasteiger partial charge >= 0.3 is 13.3 Å². The molecule has 4 N–H and O–H groups in total. The molecule has 2 aromatic rings. The van der Waals surface area contributed by atoms with Crippen LogP contribution < -0.4 is 5.73 Å². The summed E-state index contributed by atoms with van der Waals surface area (Å²) in [5.41, 5.74) is 8.65. The molecule has 1 saturated carbocycles. The molecule has 3 nitrogen and oxygen atoms in total. The molecule has 3 rings (SSSR count). The van der Waals surface area contributed by atoms with Crippen molar-refractivity contribution in [2.75, 3.05) is 0 Å². The first-order chi connectivity index (χ1) is 14.7. The van der Waals surface area contributed by atoms with E-state index in [4.69, 9.17) is 15.8 Å². The Morgan fingerprint density at radius 2 is 1.68 bits per heavy atom. The number of alkyl halides is 3. The summed E-state index contributed by atoms with van der Waals surface area (Å²) in [6.45, 7) is 0. The van der Waals surface area contributed by atoms with E-state index in [0.29, 0.717) is 18.2 Å². The highest BCUT2D eigenvalue weighted by Gasteiger charge is 2.33. The third kappa shape index (κ3) is 6.83. The van der Waals surface area contributed by atoms with Gasteiger partial charge in [-0.3, -0.25) is 0 Å². The van der Waals surface area contributed by atoms with Crippen molar-refractivity contribution in [1.82, 2.24) is 0 Å². The third-order valence-electron chi connectivity index (χ3n) is 6.49. The van der Waals surface area contributed by atoms with Crippen molar-refractivity contribution in [3.05, 3.63) is 59.7 Å². The number of hydrogen-bond donors (Lipinski definition) is 3. The maximum atomic E-state index is 12.8. The van der Waals surface area contributed by atoms with Crippen molar-refractivity contribution >= 4 is 7.12 Å². The fraction of sp³-hybridized carbons (Fsp3) is 0.500. The van der Waals surface area contributed by atoms with Crippen LogP contribution in [0.25, 0.3) is 11.1 Å². The van der Waals surface area contributed by atoms with Gasteiger partial charge in [0.05, 0.1) is 5.56 Å². The standard InChI is InChI=1S/C24H31BF3NO2/c26-24(27,28)21-12-10-19(11-13-21)22-6-2-1-5-18(22)9-8-17-15-20(16-17)23(29)7-3-4-14-25(30)31/h1-2,5-6,10-13,17,20,23,30-31H,3-4,7-9,14-16,29H2. The summed E-state index contributed by atoms with van der Waals surface area (Å²) in [4.78, 5) is 0. The highest BCUT2D eigenvalue weighted by Crippen LogP contribution is 2.40. The van der Waals surface area contributed by atoms with Crippen molar-refractivity contribution in [1.29, 1.82) is 0 Å². The monoisotopic (exact) mass is 433 g/mol. The minimum Gasteiger partial charge on any atom is -0.427 e. The van der Waals surface area contributed by atoms with E-state index in [9.17, 15) is 13.2 Å². The van der Waals surface area contributed by atoms with Crippen molar-refractivity contribution < 1.29 is 23.2 Å². The van der Waals surface area contributed by atoms with Crippen LogP contribution >= 0.6 is 0 Å². The van der Waals surface area contributed by atoms with Crippen LogP contribution in [0, 0.1) is 11.8 Å². The van der Waals surface area contributed by atoms with E-state index in [1.54, 1.807) is 12.1 Å². The number of unbranched alkanes of at least 4 members (excludes halogenated alkanes) is 1. The lowest BCUT2D eigenvalue weighted by molar-refractivity contribution is -0.137. The number of rotatable bonds is 10. The molecule has 1 aliphatic rings. The second-order valence-corrected chi connectivity index (χ2v) is 8.80. The van der Waals surface area contributed by atoms with Gasteiger partial charge in [-0.2, -0.15) is 13.2 Å². The van der Waals surface area contributed by atoms with E-state index in [-0.39, 0.29) is 6.04 Å². The summed E-state index contributed by atoms with van der Waals surface area (Å²) in [5, 5.41) is 17.8. The number of benzene rings is 2. The van der Waals surface area contributed by atoms with Gasteiger partial charge in [-0.15, -0.1) is 0 Å². The smallest absolute Gasteiger partial charge is 0.427 e. The van der Waals surface area contributed by atoms with E-state index in [1.807, 2.05) is 18.2 Å². The highest BCUT2D eigenvalue weighted by molar-refractivity contribution is 6.40. The van der Waals surface area contributed by atoms with Gasteiger partial charge in [-0.1, -0.05) is 49.2 Å². The van der Waals surface area contributed by atoms with Crippen LogP contribution in [0.15, 0.2) is 48.5 Å². The van der Waals surface area contributed by atoms with E-state index in [2.05, 4.69) is 6.07 Å². The Bertz CT molecular complexity index is 820. The predicted octanol–water partition coefficient (Wildman–Crippen LogP) is 5.30. The molecule has 31 heavy (non-hydrogen) atoms. The Labute approximate surface area is 182 Å².